The Morgan fingerprint density at radius 1 is 1.33 bits per heavy atom. The van der Waals surface area contributed by atoms with Crippen molar-refractivity contribution in [1.29, 1.82) is 0 Å². The van der Waals surface area contributed by atoms with E-state index in [-0.39, 0.29) is 0 Å². The number of aryl methyl sites for hydroxylation is 4. The average molecular weight is 306 g/mol. The fraction of sp³-hybridized carbons (Fsp3) is 0.667. The SMILES string of the molecule is Cc1nnc(CCCN(C)[C@@H]2CCCc3nc(C)sc32)o1. The molecule has 2 heterocycles. The second-order valence-corrected chi connectivity index (χ2v) is 6.99. The topological polar surface area (TPSA) is 55.1 Å². The molecule has 5 nitrogen and oxygen atoms in total. The fourth-order valence-corrected chi connectivity index (χ4v) is 4.19. The van der Waals surface area contributed by atoms with Gasteiger partial charge < -0.3 is 4.42 Å². The van der Waals surface area contributed by atoms with Gasteiger partial charge in [0, 0.05) is 24.3 Å². The molecule has 21 heavy (non-hydrogen) atoms. The summed E-state index contributed by atoms with van der Waals surface area (Å²) in [4.78, 5) is 8.61. The fourth-order valence-electron chi connectivity index (χ4n) is 3.01. The van der Waals surface area contributed by atoms with Gasteiger partial charge in [-0.3, -0.25) is 4.90 Å². The lowest BCUT2D eigenvalue weighted by Crippen LogP contribution is -2.28. The molecule has 0 spiro atoms. The molecule has 0 unspecified atom stereocenters. The maximum Gasteiger partial charge on any atom is 0.216 e. The number of fused-ring (bicyclic) bond motifs is 1. The van der Waals surface area contributed by atoms with Crippen LogP contribution in [0, 0.1) is 13.8 Å². The van der Waals surface area contributed by atoms with Crippen LogP contribution in [-0.2, 0) is 12.8 Å². The average Bonchev–Trinajstić information content (AvgIpc) is 3.02. The standard InChI is InChI=1S/C15H22N4OS/c1-10-17-18-14(20-10)8-5-9-19(3)13-7-4-6-12-15(13)21-11(2)16-12/h13H,4-9H2,1-3H3/t13-/m1/s1. The van der Waals surface area contributed by atoms with E-state index < -0.39 is 0 Å². The summed E-state index contributed by atoms with van der Waals surface area (Å²) in [6, 6.07) is 0.532. The van der Waals surface area contributed by atoms with Crippen LogP contribution in [0.25, 0.3) is 0 Å². The number of hydrogen-bond acceptors (Lipinski definition) is 6. The van der Waals surface area contributed by atoms with Crippen molar-refractivity contribution in [2.75, 3.05) is 13.6 Å². The number of hydrogen-bond donors (Lipinski definition) is 0. The Labute approximate surface area is 129 Å². The molecule has 2 aromatic rings. The van der Waals surface area contributed by atoms with Crippen LogP contribution in [-0.4, -0.2) is 33.7 Å². The van der Waals surface area contributed by atoms with Crippen molar-refractivity contribution in [3.05, 3.63) is 27.4 Å². The van der Waals surface area contributed by atoms with Crippen molar-refractivity contribution in [2.24, 2.45) is 0 Å². The Hall–Kier alpha value is -1.27. The minimum Gasteiger partial charge on any atom is -0.426 e. The Balaban J connectivity index is 1.57. The first-order valence-corrected chi connectivity index (χ1v) is 8.40. The van der Waals surface area contributed by atoms with Crippen molar-refractivity contribution in [2.45, 2.75) is 52.0 Å². The van der Waals surface area contributed by atoms with E-state index in [0.717, 1.165) is 31.7 Å². The van der Waals surface area contributed by atoms with Crippen LogP contribution in [0.3, 0.4) is 0 Å². The normalized spacial score (nSPS) is 18.2. The van der Waals surface area contributed by atoms with Gasteiger partial charge in [0.05, 0.1) is 10.7 Å². The van der Waals surface area contributed by atoms with Crippen LogP contribution in [0.2, 0.25) is 0 Å². The first-order valence-electron chi connectivity index (χ1n) is 7.59. The van der Waals surface area contributed by atoms with Crippen LogP contribution < -0.4 is 0 Å². The summed E-state index contributed by atoms with van der Waals surface area (Å²) in [6.45, 7) is 4.98. The van der Waals surface area contributed by atoms with Gasteiger partial charge in [0.1, 0.15) is 0 Å². The van der Waals surface area contributed by atoms with Crippen molar-refractivity contribution in [3.8, 4) is 0 Å². The Morgan fingerprint density at radius 2 is 2.19 bits per heavy atom. The minimum absolute atomic E-state index is 0.532. The highest BCUT2D eigenvalue weighted by Crippen LogP contribution is 2.37. The zero-order chi connectivity index (χ0) is 14.8. The molecule has 0 saturated heterocycles. The molecule has 0 aromatic carbocycles. The molecule has 114 valence electrons. The van der Waals surface area contributed by atoms with E-state index in [1.165, 1.54) is 28.4 Å². The molecule has 0 N–H and O–H groups in total. The zero-order valence-electron chi connectivity index (χ0n) is 12.9. The van der Waals surface area contributed by atoms with Gasteiger partial charge in [-0.1, -0.05) is 0 Å². The number of aromatic nitrogens is 3. The third-order valence-corrected chi connectivity index (χ3v) is 5.14. The summed E-state index contributed by atoms with van der Waals surface area (Å²) in [7, 11) is 2.22. The Morgan fingerprint density at radius 3 is 2.95 bits per heavy atom. The molecule has 1 aliphatic rings. The van der Waals surface area contributed by atoms with Crippen LogP contribution in [0.5, 0.6) is 0 Å². The van der Waals surface area contributed by atoms with Gasteiger partial charge in [0.25, 0.3) is 0 Å². The van der Waals surface area contributed by atoms with Gasteiger partial charge in [-0.25, -0.2) is 4.98 Å². The summed E-state index contributed by atoms with van der Waals surface area (Å²) in [5.41, 5.74) is 1.33. The number of thiazole rings is 1. The molecule has 0 aliphatic heterocycles. The Kier molecular flexibility index (Phi) is 4.35. The van der Waals surface area contributed by atoms with Gasteiger partial charge in [-0.15, -0.1) is 21.5 Å². The Bertz CT molecular complexity index is 607. The molecule has 0 saturated carbocycles. The van der Waals surface area contributed by atoms with Gasteiger partial charge in [0.15, 0.2) is 0 Å². The quantitative estimate of drug-likeness (QED) is 0.849. The van der Waals surface area contributed by atoms with E-state index in [2.05, 4.69) is 34.1 Å². The molecule has 3 rings (SSSR count). The molecule has 0 radical (unpaired) electrons. The van der Waals surface area contributed by atoms with Crippen LogP contribution >= 0.6 is 11.3 Å². The van der Waals surface area contributed by atoms with Crippen LogP contribution in [0.15, 0.2) is 4.42 Å². The third-order valence-electron chi connectivity index (χ3n) is 4.03. The highest BCUT2D eigenvalue weighted by Gasteiger charge is 2.26. The first-order chi connectivity index (χ1) is 10.1. The first kappa shape index (κ1) is 14.7. The molecular weight excluding hydrogens is 284 g/mol. The lowest BCUT2D eigenvalue weighted by Gasteiger charge is -2.30. The number of nitrogens with zero attached hydrogens (tertiary/aromatic N) is 4. The van der Waals surface area contributed by atoms with E-state index in [4.69, 9.17) is 4.42 Å². The second kappa shape index (κ2) is 6.23. The monoisotopic (exact) mass is 306 g/mol. The lowest BCUT2D eigenvalue weighted by molar-refractivity contribution is 0.220. The van der Waals surface area contributed by atoms with E-state index in [1.54, 1.807) is 0 Å². The van der Waals surface area contributed by atoms with Crippen molar-refractivity contribution in [1.82, 2.24) is 20.1 Å². The van der Waals surface area contributed by atoms with Crippen molar-refractivity contribution < 1.29 is 4.42 Å². The van der Waals surface area contributed by atoms with E-state index in [1.807, 2.05) is 18.3 Å². The van der Waals surface area contributed by atoms with Gasteiger partial charge in [-0.05, 0) is 46.2 Å². The third kappa shape index (κ3) is 3.32. The maximum atomic E-state index is 5.42. The molecule has 6 heteroatoms. The molecule has 1 atom stereocenters. The van der Waals surface area contributed by atoms with Gasteiger partial charge in [-0.2, -0.15) is 0 Å². The summed E-state index contributed by atoms with van der Waals surface area (Å²) >= 11 is 1.87. The lowest BCUT2D eigenvalue weighted by atomic mass is 9.97. The molecule has 0 amide bonds. The molecule has 1 aliphatic carbocycles. The largest absolute Gasteiger partial charge is 0.426 e. The van der Waals surface area contributed by atoms with E-state index >= 15 is 0 Å². The summed E-state index contributed by atoms with van der Waals surface area (Å²) in [5, 5.41) is 9.12. The summed E-state index contributed by atoms with van der Waals surface area (Å²) in [6.07, 6.45) is 5.53. The van der Waals surface area contributed by atoms with Gasteiger partial charge >= 0.3 is 0 Å². The number of rotatable bonds is 5. The molecule has 0 bridgehead atoms. The van der Waals surface area contributed by atoms with Crippen LogP contribution in [0.4, 0.5) is 0 Å². The zero-order valence-corrected chi connectivity index (χ0v) is 13.7. The maximum absolute atomic E-state index is 5.42. The van der Waals surface area contributed by atoms with Gasteiger partial charge in [0.2, 0.25) is 11.8 Å². The van der Waals surface area contributed by atoms with Crippen molar-refractivity contribution in [3.63, 3.8) is 0 Å². The summed E-state index contributed by atoms with van der Waals surface area (Å²) < 4.78 is 5.42. The highest BCUT2D eigenvalue weighted by atomic mass is 32.1. The predicted octanol–water partition coefficient (Wildman–Crippen LogP) is 3.08. The van der Waals surface area contributed by atoms with Crippen molar-refractivity contribution >= 4 is 11.3 Å². The smallest absolute Gasteiger partial charge is 0.216 e. The molecular formula is C15H22N4OS. The van der Waals surface area contributed by atoms with E-state index in [0.29, 0.717) is 11.9 Å². The minimum atomic E-state index is 0.532. The highest BCUT2D eigenvalue weighted by molar-refractivity contribution is 7.11. The van der Waals surface area contributed by atoms with E-state index in [9.17, 15) is 0 Å². The molecule has 2 aromatic heterocycles. The summed E-state index contributed by atoms with van der Waals surface area (Å²) in [5.74, 6) is 1.40. The molecule has 0 fully saturated rings. The predicted molar refractivity (Wildman–Crippen MR) is 82.5 cm³/mol. The van der Waals surface area contributed by atoms with Crippen LogP contribution in [0.1, 0.15) is 52.7 Å². The second-order valence-electron chi connectivity index (χ2n) is 5.75.